The van der Waals surface area contributed by atoms with E-state index in [1.165, 1.54) is 57.8 Å². The molecular weight excluding hydrogens is 192 g/mol. The van der Waals surface area contributed by atoms with Crippen LogP contribution in [0.1, 0.15) is 71.1 Å². The van der Waals surface area contributed by atoms with Crippen LogP contribution in [0, 0.1) is 6.92 Å². The molecule has 0 aromatic carbocycles. The first-order valence-electron chi connectivity index (χ1n) is 6.24. The number of hydrogen-bond acceptors (Lipinski definition) is 0. The van der Waals surface area contributed by atoms with Crippen molar-refractivity contribution in [3.05, 3.63) is 6.92 Å². The molecule has 0 nitrogen and oxygen atoms in total. The van der Waals surface area contributed by atoms with Gasteiger partial charge in [-0.2, -0.15) is 0 Å². The Labute approximate surface area is 95.4 Å². The van der Waals surface area contributed by atoms with Gasteiger partial charge in [0.1, 0.15) is 0 Å². The molecule has 0 fully saturated rings. The molecule has 0 saturated carbocycles. The van der Waals surface area contributed by atoms with Crippen LogP contribution in [0.5, 0.6) is 0 Å². The summed E-state index contributed by atoms with van der Waals surface area (Å²) in [7, 11) is 0. The molecule has 0 bridgehead atoms. The molecule has 14 heavy (non-hydrogen) atoms. The summed E-state index contributed by atoms with van der Waals surface area (Å²) >= 11 is 5.76. The third-order valence-electron chi connectivity index (χ3n) is 2.62. The Kier molecular flexibility index (Phi) is 11.6. The van der Waals surface area contributed by atoms with Crippen molar-refractivity contribution in [3.63, 3.8) is 0 Å². The molecule has 85 valence electrons. The highest BCUT2D eigenvalue weighted by molar-refractivity contribution is 6.21. The van der Waals surface area contributed by atoms with Gasteiger partial charge in [-0.3, -0.25) is 0 Å². The largest absolute Gasteiger partial charge is 0.123 e. The fraction of sp³-hybridized carbons (Fsp3) is 0.923. The summed E-state index contributed by atoms with van der Waals surface area (Å²) in [5.41, 5.74) is 0. The van der Waals surface area contributed by atoms with Gasteiger partial charge in [-0.25, -0.2) is 0 Å². The Morgan fingerprint density at radius 2 is 1.29 bits per heavy atom. The predicted octanol–water partition coefficient (Wildman–Crippen LogP) is 5.35. The maximum absolute atomic E-state index is 5.76. The molecule has 1 atom stereocenters. The lowest BCUT2D eigenvalue weighted by molar-refractivity contribution is 0.558. The zero-order valence-electron chi connectivity index (χ0n) is 9.73. The molecule has 0 aliphatic rings. The second-order valence-electron chi connectivity index (χ2n) is 4.21. The highest BCUT2D eigenvalue weighted by atomic mass is 35.5. The van der Waals surface area contributed by atoms with E-state index in [-0.39, 0.29) is 5.38 Å². The highest BCUT2D eigenvalue weighted by Gasteiger charge is 1.96. The SMILES string of the molecule is [CH2]C(Cl)CCCCCCCCCCC. The van der Waals surface area contributed by atoms with Crippen molar-refractivity contribution in [2.45, 2.75) is 76.5 Å². The summed E-state index contributed by atoms with van der Waals surface area (Å²) in [5, 5.41) is 0.125. The molecule has 1 heteroatoms. The average molecular weight is 218 g/mol. The molecule has 0 heterocycles. The van der Waals surface area contributed by atoms with Crippen molar-refractivity contribution < 1.29 is 0 Å². The summed E-state index contributed by atoms with van der Waals surface area (Å²) in [6.07, 6.45) is 13.5. The van der Waals surface area contributed by atoms with E-state index in [1.807, 2.05) is 0 Å². The number of alkyl halides is 1. The fourth-order valence-corrected chi connectivity index (χ4v) is 1.83. The van der Waals surface area contributed by atoms with Crippen LogP contribution in [0.2, 0.25) is 0 Å². The van der Waals surface area contributed by atoms with Crippen LogP contribution in [0.4, 0.5) is 0 Å². The third-order valence-corrected chi connectivity index (χ3v) is 2.84. The maximum atomic E-state index is 5.76. The molecule has 0 amide bonds. The minimum Gasteiger partial charge on any atom is -0.123 e. The maximum Gasteiger partial charge on any atom is 0.0336 e. The van der Waals surface area contributed by atoms with Crippen LogP contribution >= 0.6 is 11.6 Å². The van der Waals surface area contributed by atoms with Gasteiger partial charge in [0.2, 0.25) is 0 Å². The topological polar surface area (TPSA) is 0 Å². The van der Waals surface area contributed by atoms with E-state index in [9.17, 15) is 0 Å². The average Bonchev–Trinajstić information content (AvgIpc) is 2.15. The van der Waals surface area contributed by atoms with Gasteiger partial charge < -0.3 is 0 Å². The van der Waals surface area contributed by atoms with Gasteiger partial charge in [0, 0.05) is 5.38 Å². The van der Waals surface area contributed by atoms with E-state index >= 15 is 0 Å². The number of halogens is 1. The molecular formula is C13H26Cl. The van der Waals surface area contributed by atoms with Crippen molar-refractivity contribution in [2.24, 2.45) is 0 Å². The highest BCUT2D eigenvalue weighted by Crippen LogP contribution is 2.12. The van der Waals surface area contributed by atoms with Crippen LogP contribution in [-0.4, -0.2) is 5.38 Å². The van der Waals surface area contributed by atoms with Gasteiger partial charge in [0.25, 0.3) is 0 Å². The second-order valence-corrected chi connectivity index (χ2v) is 4.83. The van der Waals surface area contributed by atoms with E-state index in [2.05, 4.69) is 13.8 Å². The summed E-state index contributed by atoms with van der Waals surface area (Å²) in [6.45, 7) is 6.04. The smallest absolute Gasteiger partial charge is 0.0336 e. The summed E-state index contributed by atoms with van der Waals surface area (Å²) in [4.78, 5) is 0. The Bertz CT molecular complexity index is 99.4. The zero-order chi connectivity index (χ0) is 10.6. The molecule has 0 aromatic rings. The van der Waals surface area contributed by atoms with Gasteiger partial charge in [-0.15, -0.1) is 11.6 Å². The number of rotatable bonds is 10. The first-order valence-corrected chi connectivity index (χ1v) is 6.68. The first kappa shape index (κ1) is 14.3. The van der Waals surface area contributed by atoms with Crippen LogP contribution in [-0.2, 0) is 0 Å². The third kappa shape index (κ3) is 12.3. The van der Waals surface area contributed by atoms with E-state index in [4.69, 9.17) is 11.6 Å². The number of hydrogen-bond donors (Lipinski definition) is 0. The van der Waals surface area contributed by atoms with E-state index in [0.29, 0.717) is 0 Å². The second kappa shape index (κ2) is 11.4. The number of unbranched alkanes of at least 4 members (excludes halogenated alkanes) is 8. The molecule has 0 aliphatic carbocycles. The lowest BCUT2D eigenvalue weighted by atomic mass is 10.1. The molecule has 0 aromatic heterocycles. The van der Waals surface area contributed by atoms with Gasteiger partial charge in [0.05, 0.1) is 0 Å². The molecule has 1 radical (unpaired) electrons. The van der Waals surface area contributed by atoms with E-state index < -0.39 is 0 Å². The Morgan fingerprint density at radius 3 is 1.71 bits per heavy atom. The molecule has 0 N–H and O–H groups in total. The van der Waals surface area contributed by atoms with Crippen LogP contribution in [0.15, 0.2) is 0 Å². The summed E-state index contributed by atoms with van der Waals surface area (Å²) in [5.74, 6) is 0. The zero-order valence-corrected chi connectivity index (χ0v) is 10.5. The van der Waals surface area contributed by atoms with E-state index in [1.54, 1.807) is 0 Å². The lowest BCUT2D eigenvalue weighted by Crippen LogP contribution is -1.90. The van der Waals surface area contributed by atoms with Crippen LogP contribution < -0.4 is 0 Å². The Hall–Kier alpha value is 0.290. The molecule has 0 aliphatic heterocycles. The summed E-state index contributed by atoms with van der Waals surface area (Å²) in [6, 6.07) is 0. The first-order chi connectivity index (χ1) is 6.77. The minimum atomic E-state index is 0.125. The van der Waals surface area contributed by atoms with Gasteiger partial charge >= 0.3 is 0 Å². The molecule has 0 rings (SSSR count). The summed E-state index contributed by atoms with van der Waals surface area (Å²) < 4.78 is 0. The standard InChI is InChI=1S/C13H26Cl/c1-3-4-5-6-7-8-9-10-11-12-13(2)14/h13H,2-12H2,1H3. The van der Waals surface area contributed by atoms with Crippen LogP contribution in [0.25, 0.3) is 0 Å². The van der Waals surface area contributed by atoms with Crippen molar-refractivity contribution in [3.8, 4) is 0 Å². The van der Waals surface area contributed by atoms with E-state index in [0.717, 1.165) is 6.42 Å². The van der Waals surface area contributed by atoms with Crippen molar-refractivity contribution >= 4 is 11.6 Å². The monoisotopic (exact) mass is 217 g/mol. The minimum absolute atomic E-state index is 0.125. The Morgan fingerprint density at radius 1 is 0.857 bits per heavy atom. The quantitative estimate of drug-likeness (QED) is 0.342. The molecule has 0 spiro atoms. The van der Waals surface area contributed by atoms with Crippen molar-refractivity contribution in [1.29, 1.82) is 0 Å². The molecule has 1 unspecified atom stereocenters. The normalized spacial score (nSPS) is 13.1. The van der Waals surface area contributed by atoms with Gasteiger partial charge in [0.15, 0.2) is 0 Å². The Balaban J connectivity index is 2.85. The lowest BCUT2D eigenvalue weighted by Gasteiger charge is -2.03. The fourth-order valence-electron chi connectivity index (χ4n) is 1.68. The van der Waals surface area contributed by atoms with Gasteiger partial charge in [-0.1, -0.05) is 64.7 Å². The predicted molar refractivity (Wildman–Crippen MR) is 66.8 cm³/mol. The van der Waals surface area contributed by atoms with Crippen LogP contribution in [0.3, 0.4) is 0 Å². The molecule has 0 saturated heterocycles. The van der Waals surface area contributed by atoms with Crippen molar-refractivity contribution in [2.75, 3.05) is 0 Å². The van der Waals surface area contributed by atoms with Crippen molar-refractivity contribution in [1.82, 2.24) is 0 Å². The van der Waals surface area contributed by atoms with Gasteiger partial charge in [-0.05, 0) is 13.3 Å².